The van der Waals surface area contributed by atoms with Crippen LogP contribution in [-0.2, 0) is 28.8 Å². The number of nitrogens with zero attached hydrogens (tertiary/aromatic N) is 3. The maximum atomic E-state index is 12.5. The summed E-state index contributed by atoms with van der Waals surface area (Å²) in [5, 5.41) is 14.9. The number of likely N-dealkylation sites (tertiary alicyclic amines) is 3. The van der Waals surface area contributed by atoms with Gasteiger partial charge in [0, 0.05) is 52.0 Å². The number of rotatable bonds is 33. The average molecular weight is 1010 g/mol. The van der Waals surface area contributed by atoms with Crippen molar-refractivity contribution in [2.75, 3.05) is 58.9 Å². The van der Waals surface area contributed by atoms with Crippen molar-refractivity contribution < 1.29 is 33.9 Å². The third kappa shape index (κ3) is 33.9. The van der Waals surface area contributed by atoms with Crippen LogP contribution in [0.5, 0.6) is 0 Å². The van der Waals surface area contributed by atoms with Gasteiger partial charge in [0.05, 0.1) is 0 Å². The van der Waals surface area contributed by atoms with Gasteiger partial charge in [-0.1, -0.05) is 117 Å². The van der Waals surface area contributed by atoms with Crippen LogP contribution in [0.4, 0.5) is 0 Å². The number of nitrogens with two attached hydrogens (primary N) is 4. The van der Waals surface area contributed by atoms with Gasteiger partial charge in [-0.05, 0) is 129 Å². The number of carbonyl (C=O) groups excluding carboxylic acids is 5. The highest BCUT2D eigenvalue weighted by atomic mass is 16.4. The van der Waals surface area contributed by atoms with Gasteiger partial charge in [-0.25, -0.2) is 4.79 Å². The Morgan fingerprint density at radius 2 is 0.676 bits per heavy atom. The van der Waals surface area contributed by atoms with E-state index in [2.05, 4.69) is 31.4 Å². The third-order valence-electron chi connectivity index (χ3n) is 13.6. The number of piperidine rings is 3. The number of amides is 5. The van der Waals surface area contributed by atoms with Gasteiger partial charge in [0.2, 0.25) is 29.5 Å². The van der Waals surface area contributed by atoms with Crippen molar-refractivity contribution in [1.82, 2.24) is 25.3 Å². The van der Waals surface area contributed by atoms with Gasteiger partial charge >= 0.3 is 5.97 Å². The van der Waals surface area contributed by atoms with Gasteiger partial charge in [0.15, 0.2) is 0 Å². The third-order valence-corrected chi connectivity index (χ3v) is 13.6. The Hall–Kier alpha value is -3.34. The van der Waals surface area contributed by atoms with Gasteiger partial charge in [0.1, 0.15) is 18.1 Å². The maximum Gasteiger partial charge on any atom is 0.326 e. The summed E-state index contributed by atoms with van der Waals surface area (Å²) in [6, 6.07) is -1.12. The minimum atomic E-state index is -0.853. The zero-order chi connectivity index (χ0) is 52.7. The summed E-state index contributed by atoms with van der Waals surface area (Å²) in [6.45, 7) is 12.6. The molecule has 0 saturated carbocycles. The van der Waals surface area contributed by atoms with E-state index in [4.69, 9.17) is 28.0 Å². The minimum Gasteiger partial charge on any atom is -0.480 e. The summed E-state index contributed by atoms with van der Waals surface area (Å²) in [7, 11) is 0. The van der Waals surface area contributed by atoms with Crippen molar-refractivity contribution in [3.8, 4) is 0 Å². The molecule has 0 radical (unpaired) electrons. The number of hydrogen-bond donors (Lipinski definition) is 7. The Morgan fingerprint density at radius 3 is 0.986 bits per heavy atom. The predicted octanol–water partition coefficient (Wildman–Crippen LogP) is 8.05. The average Bonchev–Trinajstić information content (AvgIpc) is 3.39. The Balaban J connectivity index is 0.000000974. The van der Waals surface area contributed by atoms with Crippen molar-refractivity contribution >= 4 is 35.5 Å². The number of carboxylic acids is 1. The van der Waals surface area contributed by atoms with Gasteiger partial charge in [-0.3, -0.25) is 24.0 Å². The standard InChI is InChI=1S/2C18H35N3O2.C14H25NO3.C5H14N2/c2*1-2-3-4-5-6-7-12-17(22)21-15-9-8-11-16(21)18(23)20-14-10-13-19;1-2-3-4-5-6-10-13(16)15-11-8-7-9-12(15)14(17)18;6-4-2-1-3-5-7/h2*16H,2-15,19H2,1H3,(H,20,23);12H,2-11H2,1H3,(H,17,18);1-7H2/t2*16-;12-;/m101./s1. The molecule has 416 valence electrons. The summed E-state index contributed by atoms with van der Waals surface area (Å²) < 4.78 is 0. The SMILES string of the molecule is CCCCCCCC(=O)N1CCCC[C@@H]1C(=O)O.CCCCCCCCC(=O)N1CCCC[C@@H]1C(=O)NCCCN.CCCCCCCCC(=O)N1CCCC[C@H]1C(=O)NCCCN.NCCCCCN. The normalized spacial score (nSPS) is 17.6. The number of carbonyl (C=O) groups is 6. The molecule has 16 heteroatoms. The second kappa shape index (κ2) is 47.7. The zero-order valence-electron chi connectivity index (χ0n) is 45.7. The van der Waals surface area contributed by atoms with Gasteiger partial charge in [-0.15, -0.1) is 0 Å². The van der Waals surface area contributed by atoms with E-state index in [0.717, 1.165) is 142 Å². The second-order valence-electron chi connectivity index (χ2n) is 19.8. The molecule has 0 aromatic carbocycles. The molecular formula is C55H109N9O7. The number of hydrogen-bond acceptors (Lipinski definition) is 10. The van der Waals surface area contributed by atoms with Crippen LogP contribution in [0.15, 0.2) is 0 Å². The first-order chi connectivity index (χ1) is 34.5. The molecule has 0 bridgehead atoms. The number of unbranched alkanes of at least 4 members (excludes halogenated alkanes) is 16. The predicted molar refractivity (Wildman–Crippen MR) is 290 cm³/mol. The minimum absolute atomic E-state index is 0.00514. The molecule has 0 aromatic heterocycles. The fourth-order valence-electron chi connectivity index (χ4n) is 9.24. The highest BCUT2D eigenvalue weighted by Crippen LogP contribution is 2.22. The lowest BCUT2D eigenvalue weighted by molar-refractivity contribution is -0.152. The van der Waals surface area contributed by atoms with E-state index in [1.807, 2.05) is 9.80 Å². The number of aliphatic carboxylic acids is 1. The van der Waals surface area contributed by atoms with E-state index in [-0.39, 0.29) is 41.6 Å². The van der Waals surface area contributed by atoms with Crippen molar-refractivity contribution in [2.24, 2.45) is 22.9 Å². The lowest BCUT2D eigenvalue weighted by Crippen LogP contribution is -2.52. The monoisotopic (exact) mass is 1010 g/mol. The molecule has 0 aromatic rings. The molecule has 0 spiro atoms. The molecule has 3 fully saturated rings. The molecule has 5 amide bonds. The van der Waals surface area contributed by atoms with Gasteiger partial charge < -0.3 is 53.4 Å². The number of carboxylic acid groups (broad SMARTS) is 1. The molecular weight excluding hydrogens is 899 g/mol. The van der Waals surface area contributed by atoms with Gasteiger partial charge in [0.25, 0.3) is 0 Å². The molecule has 3 aliphatic rings. The summed E-state index contributed by atoms with van der Waals surface area (Å²) in [5.74, 6) is -0.533. The van der Waals surface area contributed by atoms with E-state index >= 15 is 0 Å². The summed E-state index contributed by atoms with van der Waals surface area (Å²) >= 11 is 0. The van der Waals surface area contributed by atoms with Crippen LogP contribution in [0.3, 0.4) is 0 Å². The van der Waals surface area contributed by atoms with Crippen molar-refractivity contribution in [1.29, 1.82) is 0 Å². The van der Waals surface area contributed by atoms with Crippen molar-refractivity contribution in [3.05, 3.63) is 0 Å². The summed E-state index contributed by atoms with van der Waals surface area (Å²) in [4.78, 5) is 77.8. The second-order valence-corrected chi connectivity index (χ2v) is 19.8. The Morgan fingerprint density at radius 1 is 0.394 bits per heavy atom. The van der Waals surface area contributed by atoms with E-state index in [0.29, 0.717) is 58.4 Å². The fraction of sp³-hybridized carbons (Fsp3) is 0.891. The highest BCUT2D eigenvalue weighted by Gasteiger charge is 2.33. The molecule has 3 heterocycles. The first-order valence-corrected chi connectivity index (χ1v) is 29.0. The van der Waals surface area contributed by atoms with E-state index in [9.17, 15) is 28.8 Å². The van der Waals surface area contributed by atoms with Crippen LogP contribution in [0.25, 0.3) is 0 Å². The summed E-state index contributed by atoms with van der Waals surface area (Å²) in [6.07, 6.45) is 34.5. The molecule has 0 unspecified atom stereocenters. The molecule has 16 nitrogen and oxygen atoms in total. The van der Waals surface area contributed by atoms with Crippen molar-refractivity contribution in [3.63, 3.8) is 0 Å². The van der Waals surface area contributed by atoms with Crippen LogP contribution in [-0.4, -0.2) is 132 Å². The molecule has 3 aliphatic heterocycles. The van der Waals surface area contributed by atoms with E-state index < -0.39 is 12.0 Å². The smallest absolute Gasteiger partial charge is 0.326 e. The zero-order valence-corrected chi connectivity index (χ0v) is 45.7. The molecule has 3 atom stereocenters. The molecule has 3 saturated heterocycles. The Bertz CT molecular complexity index is 1290. The largest absolute Gasteiger partial charge is 0.480 e. The van der Waals surface area contributed by atoms with Crippen LogP contribution in [0, 0.1) is 0 Å². The highest BCUT2D eigenvalue weighted by molar-refractivity contribution is 5.88. The van der Waals surface area contributed by atoms with Crippen LogP contribution in [0.2, 0.25) is 0 Å². The molecule has 0 aliphatic carbocycles. The topological polar surface area (TPSA) is 261 Å². The lowest BCUT2D eigenvalue weighted by atomic mass is 10.00. The van der Waals surface area contributed by atoms with E-state index in [1.54, 1.807) is 4.90 Å². The number of nitrogens with one attached hydrogen (secondary N) is 2. The van der Waals surface area contributed by atoms with Crippen LogP contribution >= 0.6 is 0 Å². The first-order valence-electron chi connectivity index (χ1n) is 29.0. The quantitative estimate of drug-likeness (QED) is 0.0309. The first kappa shape index (κ1) is 67.7. The van der Waals surface area contributed by atoms with Crippen molar-refractivity contribution in [2.45, 2.75) is 257 Å². The maximum absolute atomic E-state index is 12.5. The summed E-state index contributed by atoms with van der Waals surface area (Å²) in [5.41, 5.74) is 21.4. The molecule has 3 rings (SSSR count). The fourth-order valence-corrected chi connectivity index (χ4v) is 9.24. The molecule has 11 N–H and O–H groups in total. The van der Waals surface area contributed by atoms with Crippen LogP contribution < -0.4 is 33.6 Å². The Labute approximate surface area is 432 Å². The van der Waals surface area contributed by atoms with Gasteiger partial charge in [-0.2, -0.15) is 0 Å². The lowest BCUT2D eigenvalue weighted by Gasteiger charge is -2.34. The molecule has 71 heavy (non-hydrogen) atoms. The Kier molecular flexibility index (Phi) is 45.4. The van der Waals surface area contributed by atoms with E-state index in [1.165, 1.54) is 77.0 Å². The van der Waals surface area contributed by atoms with Crippen LogP contribution in [0.1, 0.15) is 239 Å².